The standard InChI is InChI=1S/C18H23N7OS/c1-11-15-16(20-12-5-3-2-4-6-12)22-18(23-17(15)27-24-11)21-13-7-19-25(8-13)14-9-26-10-14/h7-8,12,14H,2-6,9-10H2,1H3,(H2,20,21,22,23). The highest BCUT2D eigenvalue weighted by atomic mass is 32.1. The molecule has 1 aliphatic carbocycles. The highest BCUT2D eigenvalue weighted by molar-refractivity contribution is 7.13. The molecule has 0 aromatic carbocycles. The lowest BCUT2D eigenvalue weighted by Gasteiger charge is -2.25. The van der Waals surface area contributed by atoms with Gasteiger partial charge in [0.2, 0.25) is 5.95 Å². The molecule has 3 aromatic heterocycles. The molecule has 0 spiro atoms. The topological polar surface area (TPSA) is 89.8 Å². The minimum atomic E-state index is 0.330. The maximum absolute atomic E-state index is 5.24. The summed E-state index contributed by atoms with van der Waals surface area (Å²) in [5.41, 5.74) is 1.86. The van der Waals surface area contributed by atoms with E-state index in [0.29, 0.717) is 18.0 Å². The third-order valence-electron chi connectivity index (χ3n) is 5.30. The van der Waals surface area contributed by atoms with Crippen molar-refractivity contribution in [1.29, 1.82) is 0 Å². The number of ether oxygens (including phenoxy) is 1. The summed E-state index contributed by atoms with van der Waals surface area (Å²) in [5, 5.41) is 12.4. The summed E-state index contributed by atoms with van der Waals surface area (Å²) in [7, 11) is 0. The van der Waals surface area contributed by atoms with Crippen LogP contribution in [0.5, 0.6) is 0 Å². The van der Waals surface area contributed by atoms with Gasteiger partial charge in [0, 0.05) is 12.2 Å². The van der Waals surface area contributed by atoms with E-state index in [1.165, 1.54) is 43.6 Å². The second-order valence-corrected chi connectivity index (χ2v) is 8.10. The highest BCUT2D eigenvalue weighted by Crippen LogP contribution is 2.31. The predicted molar refractivity (Wildman–Crippen MR) is 106 cm³/mol. The number of nitrogens with zero attached hydrogens (tertiary/aromatic N) is 5. The SMILES string of the molecule is Cc1nsc2nc(Nc3cnn(C4COC4)c3)nc(NC3CCCCC3)c12. The summed E-state index contributed by atoms with van der Waals surface area (Å²) in [4.78, 5) is 10.4. The maximum Gasteiger partial charge on any atom is 0.230 e. The van der Waals surface area contributed by atoms with Crippen LogP contribution < -0.4 is 10.6 Å². The third kappa shape index (κ3) is 3.37. The molecule has 0 radical (unpaired) electrons. The summed E-state index contributed by atoms with van der Waals surface area (Å²) in [6.45, 7) is 3.46. The summed E-state index contributed by atoms with van der Waals surface area (Å²) in [6.07, 6.45) is 10.1. The lowest BCUT2D eigenvalue weighted by Crippen LogP contribution is -2.30. The number of anilines is 3. The van der Waals surface area contributed by atoms with Crippen LogP contribution >= 0.6 is 11.5 Å². The number of rotatable bonds is 5. The molecular formula is C18H23N7OS. The number of aromatic nitrogens is 5. The van der Waals surface area contributed by atoms with Crippen LogP contribution in [0.1, 0.15) is 43.8 Å². The molecule has 9 heteroatoms. The van der Waals surface area contributed by atoms with Gasteiger partial charge in [-0.05, 0) is 31.3 Å². The van der Waals surface area contributed by atoms with Gasteiger partial charge in [-0.25, -0.2) is 0 Å². The molecule has 3 aromatic rings. The number of fused-ring (bicyclic) bond motifs is 1. The highest BCUT2D eigenvalue weighted by Gasteiger charge is 2.22. The Morgan fingerprint density at radius 2 is 2.04 bits per heavy atom. The molecule has 4 heterocycles. The number of hydrogen-bond donors (Lipinski definition) is 2. The Hall–Kier alpha value is -2.26. The first-order valence-corrected chi connectivity index (χ1v) is 10.3. The second kappa shape index (κ2) is 7.05. The Balaban J connectivity index is 1.42. The van der Waals surface area contributed by atoms with E-state index in [1.807, 2.05) is 17.8 Å². The lowest BCUT2D eigenvalue weighted by molar-refractivity contribution is -0.0286. The van der Waals surface area contributed by atoms with Gasteiger partial charge in [-0.2, -0.15) is 19.4 Å². The Labute approximate surface area is 161 Å². The molecule has 0 unspecified atom stereocenters. The van der Waals surface area contributed by atoms with E-state index >= 15 is 0 Å². The number of aryl methyl sites for hydroxylation is 1. The van der Waals surface area contributed by atoms with Gasteiger partial charge in [0.1, 0.15) is 5.82 Å². The first kappa shape index (κ1) is 16.9. The second-order valence-electron chi connectivity index (χ2n) is 7.35. The average Bonchev–Trinajstić information content (AvgIpc) is 3.22. The first-order chi connectivity index (χ1) is 13.3. The van der Waals surface area contributed by atoms with E-state index in [4.69, 9.17) is 9.72 Å². The van der Waals surface area contributed by atoms with Crippen molar-refractivity contribution in [3.8, 4) is 0 Å². The van der Waals surface area contributed by atoms with Crippen LogP contribution in [0.3, 0.4) is 0 Å². The number of nitrogens with one attached hydrogen (secondary N) is 2. The van der Waals surface area contributed by atoms with Crippen molar-refractivity contribution in [2.45, 2.75) is 51.1 Å². The van der Waals surface area contributed by atoms with E-state index in [1.54, 1.807) is 6.20 Å². The fraction of sp³-hybridized carbons (Fsp3) is 0.556. The molecule has 5 rings (SSSR count). The molecule has 2 N–H and O–H groups in total. The Bertz CT molecular complexity index is 942. The number of hydrogen-bond acceptors (Lipinski definition) is 8. The van der Waals surface area contributed by atoms with Crippen LogP contribution in [0.2, 0.25) is 0 Å². The third-order valence-corrected chi connectivity index (χ3v) is 6.14. The van der Waals surface area contributed by atoms with Gasteiger partial charge in [-0.1, -0.05) is 19.3 Å². The van der Waals surface area contributed by atoms with Gasteiger partial charge in [0.05, 0.1) is 42.2 Å². The van der Waals surface area contributed by atoms with Gasteiger partial charge in [0.25, 0.3) is 0 Å². The molecule has 27 heavy (non-hydrogen) atoms. The van der Waals surface area contributed by atoms with E-state index < -0.39 is 0 Å². The molecule has 8 nitrogen and oxygen atoms in total. The monoisotopic (exact) mass is 385 g/mol. The smallest absolute Gasteiger partial charge is 0.230 e. The lowest BCUT2D eigenvalue weighted by atomic mass is 9.95. The molecule has 1 aliphatic heterocycles. The molecule has 0 amide bonds. The van der Waals surface area contributed by atoms with Gasteiger partial charge >= 0.3 is 0 Å². The van der Waals surface area contributed by atoms with Crippen molar-refractivity contribution in [1.82, 2.24) is 24.1 Å². The van der Waals surface area contributed by atoms with Crippen LogP contribution in [0.15, 0.2) is 12.4 Å². The molecule has 2 fully saturated rings. The molecule has 0 atom stereocenters. The molecule has 0 bridgehead atoms. The zero-order valence-corrected chi connectivity index (χ0v) is 16.1. The van der Waals surface area contributed by atoms with Gasteiger partial charge in [-0.15, -0.1) is 0 Å². The van der Waals surface area contributed by atoms with Gasteiger partial charge < -0.3 is 15.4 Å². The average molecular weight is 385 g/mol. The summed E-state index contributed by atoms with van der Waals surface area (Å²) in [5.74, 6) is 1.47. The molecule has 1 saturated heterocycles. The van der Waals surface area contributed by atoms with Crippen molar-refractivity contribution >= 4 is 39.2 Å². The summed E-state index contributed by atoms with van der Waals surface area (Å²) < 4.78 is 11.7. The quantitative estimate of drug-likeness (QED) is 0.693. The summed E-state index contributed by atoms with van der Waals surface area (Å²) in [6, 6.07) is 0.807. The fourth-order valence-corrected chi connectivity index (χ4v) is 4.48. The normalized spacial score (nSPS) is 18.6. The molecule has 1 saturated carbocycles. The van der Waals surface area contributed by atoms with E-state index in [-0.39, 0.29) is 0 Å². The minimum Gasteiger partial charge on any atom is -0.377 e. The largest absolute Gasteiger partial charge is 0.377 e. The molecule has 2 aliphatic rings. The predicted octanol–water partition coefficient (Wildman–Crippen LogP) is 3.65. The fourth-order valence-electron chi connectivity index (χ4n) is 3.70. The Kier molecular flexibility index (Phi) is 4.41. The molecular weight excluding hydrogens is 362 g/mol. The van der Waals surface area contributed by atoms with Crippen molar-refractivity contribution < 1.29 is 4.74 Å². The van der Waals surface area contributed by atoms with Crippen molar-refractivity contribution in [2.75, 3.05) is 23.8 Å². The van der Waals surface area contributed by atoms with Crippen LogP contribution in [0, 0.1) is 6.92 Å². The Morgan fingerprint density at radius 1 is 1.19 bits per heavy atom. The van der Waals surface area contributed by atoms with E-state index in [2.05, 4.69) is 25.1 Å². The van der Waals surface area contributed by atoms with Gasteiger partial charge in [0.15, 0.2) is 4.83 Å². The van der Waals surface area contributed by atoms with E-state index in [9.17, 15) is 0 Å². The Morgan fingerprint density at radius 3 is 2.81 bits per heavy atom. The first-order valence-electron chi connectivity index (χ1n) is 9.56. The van der Waals surface area contributed by atoms with Crippen molar-refractivity contribution in [3.63, 3.8) is 0 Å². The van der Waals surface area contributed by atoms with Crippen LogP contribution in [0.25, 0.3) is 10.2 Å². The van der Waals surface area contributed by atoms with Crippen molar-refractivity contribution in [2.24, 2.45) is 0 Å². The molecule has 142 valence electrons. The summed E-state index contributed by atoms with van der Waals surface area (Å²) >= 11 is 1.42. The van der Waals surface area contributed by atoms with Crippen LogP contribution in [-0.4, -0.2) is 43.4 Å². The zero-order valence-electron chi connectivity index (χ0n) is 15.3. The van der Waals surface area contributed by atoms with Crippen LogP contribution in [0.4, 0.5) is 17.5 Å². The van der Waals surface area contributed by atoms with E-state index in [0.717, 1.165) is 40.6 Å². The van der Waals surface area contributed by atoms with Gasteiger partial charge in [-0.3, -0.25) is 4.68 Å². The maximum atomic E-state index is 5.24. The minimum absolute atomic E-state index is 0.330. The van der Waals surface area contributed by atoms with Crippen molar-refractivity contribution in [3.05, 3.63) is 18.1 Å². The zero-order chi connectivity index (χ0) is 18.2. The van der Waals surface area contributed by atoms with Crippen LogP contribution in [-0.2, 0) is 4.74 Å².